The lowest BCUT2D eigenvalue weighted by molar-refractivity contribution is 0.129. The lowest BCUT2D eigenvalue weighted by Gasteiger charge is -2.23. The van der Waals surface area contributed by atoms with Gasteiger partial charge in [-0.25, -0.2) is 0 Å². The van der Waals surface area contributed by atoms with Crippen LogP contribution in [0.1, 0.15) is 38.4 Å². The summed E-state index contributed by atoms with van der Waals surface area (Å²) in [5.74, 6) is 2.06. The molecular formula is C15H28N4O2. The van der Waals surface area contributed by atoms with Gasteiger partial charge in [-0.05, 0) is 25.3 Å². The summed E-state index contributed by atoms with van der Waals surface area (Å²) in [5.41, 5.74) is 0. The summed E-state index contributed by atoms with van der Waals surface area (Å²) in [6, 6.07) is 0.569. The van der Waals surface area contributed by atoms with E-state index in [2.05, 4.69) is 34.2 Å². The van der Waals surface area contributed by atoms with Crippen molar-refractivity contribution in [2.75, 3.05) is 33.4 Å². The van der Waals surface area contributed by atoms with Gasteiger partial charge in [0, 0.05) is 32.7 Å². The number of methoxy groups -OCH3 is 1. The van der Waals surface area contributed by atoms with Crippen molar-refractivity contribution in [2.45, 2.75) is 45.7 Å². The van der Waals surface area contributed by atoms with Crippen LogP contribution in [0.4, 0.5) is 0 Å². The molecule has 0 aromatic carbocycles. The van der Waals surface area contributed by atoms with Gasteiger partial charge in [0.1, 0.15) is 0 Å². The molecule has 1 aliphatic heterocycles. The molecule has 1 aromatic heterocycles. The molecule has 0 saturated carbocycles. The van der Waals surface area contributed by atoms with E-state index < -0.39 is 0 Å². The van der Waals surface area contributed by atoms with E-state index in [9.17, 15) is 0 Å². The van der Waals surface area contributed by atoms with E-state index in [0.717, 1.165) is 38.5 Å². The Morgan fingerprint density at radius 2 is 2.33 bits per heavy atom. The molecule has 1 fully saturated rings. The van der Waals surface area contributed by atoms with Crippen LogP contribution in [-0.4, -0.2) is 54.4 Å². The van der Waals surface area contributed by atoms with Crippen LogP contribution in [0.25, 0.3) is 0 Å². The second-order valence-electron chi connectivity index (χ2n) is 6.22. The maximum absolute atomic E-state index is 5.38. The van der Waals surface area contributed by atoms with Crippen molar-refractivity contribution in [2.24, 2.45) is 5.92 Å². The van der Waals surface area contributed by atoms with E-state index in [4.69, 9.17) is 9.26 Å². The van der Waals surface area contributed by atoms with Gasteiger partial charge in [0.05, 0.1) is 13.2 Å². The first kappa shape index (κ1) is 16.4. The fourth-order valence-electron chi connectivity index (χ4n) is 2.67. The summed E-state index contributed by atoms with van der Waals surface area (Å²) in [6.07, 6.45) is 3.37. The molecule has 1 aliphatic rings. The maximum atomic E-state index is 5.38. The van der Waals surface area contributed by atoms with E-state index in [1.807, 2.05) is 0 Å². The molecule has 6 heteroatoms. The van der Waals surface area contributed by atoms with E-state index in [-0.39, 0.29) is 0 Å². The monoisotopic (exact) mass is 296 g/mol. The third kappa shape index (κ3) is 5.73. The van der Waals surface area contributed by atoms with Crippen molar-refractivity contribution in [3.05, 3.63) is 11.7 Å². The molecule has 1 atom stereocenters. The number of aromatic nitrogens is 2. The fraction of sp³-hybridized carbons (Fsp3) is 0.867. The molecule has 1 aromatic rings. The number of hydrogen-bond acceptors (Lipinski definition) is 6. The third-order valence-corrected chi connectivity index (χ3v) is 3.71. The minimum Gasteiger partial charge on any atom is -0.383 e. The lowest BCUT2D eigenvalue weighted by Crippen LogP contribution is -2.38. The normalized spacial score (nSPS) is 19.0. The van der Waals surface area contributed by atoms with Gasteiger partial charge in [-0.15, -0.1) is 0 Å². The van der Waals surface area contributed by atoms with Gasteiger partial charge in [-0.3, -0.25) is 4.90 Å². The van der Waals surface area contributed by atoms with Crippen molar-refractivity contribution in [1.29, 1.82) is 0 Å². The van der Waals surface area contributed by atoms with Gasteiger partial charge in [-0.1, -0.05) is 19.0 Å². The Morgan fingerprint density at radius 1 is 1.48 bits per heavy atom. The van der Waals surface area contributed by atoms with Gasteiger partial charge < -0.3 is 14.6 Å². The SMILES string of the molecule is COCCN(Cc1nc(CC(C)C)no1)CC1CCCN1. The van der Waals surface area contributed by atoms with Crippen LogP contribution in [0.2, 0.25) is 0 Å². The topological polar surface area (TPSA) is 63.4 Å². The Hall–Kier alpha value is -0.980. The molecule has 0 bridgehead atoms. The molecule has 0 spiro atoms. The Balaban J connectivity index is 1.88. The molecule has 0 radical (unpaired) electrons. The highest BCUT2D eigenvalue weighted by atomic mass is 16.5. The van der Waals surface area contributed by atoms with Crippen LogP contribution in [0.3, 0.4) is 0 Å². The number of rotatable bonds is 9. The number of ether oxygens (including phenoxy) is 1. The molecule has 1 saturated heterocycles. The summed E-state index contributed by atoms with van der Waals surface area (Å²) in [6.45, 7) is 8.76. The summed E-state index contributed by atoms with van der Waals surface area (Å²) in [7, 11) is 1.74. The first-order valence-corrected chi connectivity index (χ1v) is 7.93. The first-order valence-electron chi connectivity index (χ1n) is 7.93. The zero-order valence-corrected chi connectivity index (χ0v) is 13.5. The average molecular weight is 296 g/mol. The molecule has 6 nitrogen and oxygen atoms in total. The summed E-state index contributed by atoms with van der Waals surface area (Å²) in [4.78, 5) is 6.82. The van der Waals surface area contributed by atoms with Crippen molar-refractivity contribution < 1.29 is 9.26 Å². The largest absolute Gasteiger partial charge is 0.383 e. The predicted octanol–water partition coefficient (Wildman–Crippen LogP) is 1.47. The highest BCUT2D eigenvalue weighted by molar-refractivity contribution is 4.88. The third-order valence-electron chi connectivity index (χ3n) is 3.71. The molecule has 0 aliphatic carbocycles. The van der Waals surface area contributed by atoms with Crippen molar-refractivity contribution in [3.63, 3.8) is 0 Å². The fourth-order valence-corrected chi connectivity index (χ4v) is 2.67. The summed E-state index contributed by atoms with van der Waals surface area (Å²) >= 11 is 0. The first-order chi connectivity index (χ1) is 10.2. The van der Waals surface area contributed by atoms with Crippen molar-refractivity contribution >= 4 is 0 Å². The van der Waals surface area contributed by atoms with Gasteiger partial charge >= 0.3 is 0 Å². The molecule has 2 rings (SSSR count). The van der Waals surface area contributed by atoms with Crippen LogP contribution >= 0.6 is 0 Å². The standard InChI is InChI=1S/C15H28N4O2/c1-12(2)9-14-17-15(21-18-14)11-19(7-8-20-3)10-13-5-4-6-16-13/h12-13,16H,4-11H2,1-3H3. The van der Waals surface area contributed by atoms with Crippen LogP contribution in [0.5, 0.6) is 0 Å². The second-order valence-corrected chi connectivity index (χ2v) is 6.22. The zero-order chi connectivity index (χ0) is 15.1. The maximum Gasteiger partial charge on any atom is 0.240 e. The Bertz CT molecular complexity index is 402. The van der Waals surface area contributed by atoms with Crippen molar-refractivity contribution in [3.8, 4) is 0 Å². The highest BCUT2D eigenvalue weighted by Gasteiger charge is 2.19. The van der Waals surface area contributed by atoms with Gasteiger partial charge in [0.2, 0.25) is 5.89 Å². The molecular weight excluding hydrogens is 268 g/mol. The second kappa shape index (κ2) is 8.46. The van der Waals surface area contributed by atoms with Crippen LogP contribution in [0.15, 0.2) is 4.52 Å². The van der Waals surface area contributed by atoms with Gasteiger partial charge in [-0.2, -0.15) is 4.98 Å². The minimum atomic E-state index is 0.544. The Morgan fingerprint density at radius 3 is 3.00 bits per heavy atom. The molecule has 0 amide bonds. The molecule has 1 N–H and O–H groups in total. The summed E-state index contributed by atoms with van der Waals surface area (Å²) in [5, 5.41) is 7.59. The quantitative estimate of drug-likeness (QED) is 0.744. The van der Waals surface area contributed by atoms with E-state index in [1.54, 1.807) is 7.11 Å². The van der Waals surface area contributed by atoms with Crippen LogP contribution in [0, 0.1) is 5.92 Å². The zero-order valence-electron chi connectivity index (χ0n) is 13.5. The number of nitrogens with zero attached hydrogens (tertiary/aromatic N) is 3. The minimum absolute atomic E-state index is 0.544. The average Bonchev–Trinajstić information content (AvgIpc) is 3.07. The van der Waals surface area contributed by atoms with Crippen LogP contribution < -0.4 is 5.32 Å². The van der Waals surface area contributed by atoms with Gasteiger partial charge in [0.15, 0.2) is 5.82 Å². The number of nitrogens with one attached hydrogen (secondary N) is 1. The predicted molar refractivity (Wildman–Crippen MR) is 81.0 cm³/mol. The van der Waals surface area contributed by atoms with Gasteiger partial charge in [0.25, 0.3) is 0 Å². The van der Waals surface area contributed by atoms with E-state index >= 15 is 0 Å². The molecule has 2 heterocycles. The Labute approximate surface area is 127 Å². The van der Waals surface area contributed by atoms with E-state index in [0.29, 0.717) is 24.4 Å². The lowest BCUT2D eigenvalue weighted by atomic mass is 10.1. The molecule has 21 heavy (non-hydrogen) atoms. The number of hydrogen-bond donors (Lipinski definition) is 1. The highest BCUT2D eigenvalue weighted by Crippen LogP contribution is 2.11. The van der Waals surface area contributed by atoms with Crippen molar-refractivity contribution in [1.82, 2.24) is 20.4 Å². The smallest absolute Gasteiger partial charge is 0.240 e. The summed E-state index contributed by atoms with van der Waals surface area (Å²) < 4.78 is 10.6. The molecule has 1 unspecified atom stereocenters. The van der Waals surface area contributed by atoms with Crippen LogP contribution in [-0.2, 0) is 17.7 Å². The Kier molecular flexibility index (Phi) is 6.60. The molecule has 120 valence electrons. The van der Waals surface area contributed by atoms with E-state index in [1.165, 1.54) is 12.8 Å².